The molecule has 7 nitrogen and oxygen atoms in total. The molecule has 0 saturated heterocycles. The topological polar surface area (TPSA) is 87.8 Å². The molecule has 7 heteroatoms. The molecular formula is C15H25N5O2. The van der Waals surface area contributed by atoms with Gasteiger partial charge in [0.15, 0.2) is 11.2 Å². The maximum absolute atomic E-state index is 12.6. The molecule has 0 spiro atoms. The van der Waals surface area contributed by atoms with Gasteiger partial charge in [-0.3, -0.25) is 13.9 Å². The highest BCUT2D eigenvalue weighted by atomic mass is 16.2. The maximum Gasteiger partial charge on any atom is 0.332 e. The molecule has 0 aliphatic heterocycles. The van der Waals surface area contributed by atoms with E-state index in [2.05, 4.69) is 4.98 Å². The fourth-order valence-corrected chi connectivity index (χ4v) is 2.73. The molecule has 1 atom stereocenters. The molecule has 0 saturated carbocycles. The van der Waals surface area contributed by atoms with Gasteiger partial charge in [0.1, 0.15) is 5.82 Å². The Morgan fingerprint density at radius 3 is 2.36 bits per heavy atom. The average Bonchev–Trinajstić information content (AvgIpc) is 2.89. The van der Waals surface area contributed by atoms with Gasteiger partial charge >= 0.3 is 5.69 Å². The van der Waals surface area contributed by atoms with E-state index in [0.717, 1.165) is 16.8 Å². The minimum Gasteiger partial charge on any atom is -0.328 e. The lowest BCUT2D eigenvalue weighted by molar-refractivity contribution is 0.530. The molecule has 2 heterocycles. The van der Waals surface area contributed by atoms with Crippen molar-refractivity contribution in [3.63, 3.8) is 0 Å². The van der Waals surface area contributed by atoms with Gasteiger partial charge < -0.3 is 10.3 Å². The molecule has 1 unspecified atom stereocenters. The van der Waals surface area contributed by atoms with Gasteiger partial charge in [0.2, 0.25) is 0 Å². The average molecular weight is 307 g/mol. The quantitative estimate of drug-likeness (QED) is 0.891. The van der Waals surface area contributed by atoms with Crippen LogP contribution < -0.4 is 17.0 Å². The predicted octanol–water partition coefficient (Wildman–Crippen LogP) is 0.950. The van der Waals surface area contributed by atoms with Gasteiger partial charge in [0, 0.05) is 32.1 Å². The molecule has 0 aliphatic carbocycles. The van der Waals surface area contributed by atoms with Crippen LogP contribution in [0.15, 0.2) is 9.59 Å². The standard InChI is InChI=1S/C15H25N5O2/c1-6-7-19-13-11(14(21)18(5)15(19)22)20(10(4)8-16)12(17-13)9(2)3/h9-10H,6-8,16H2,1-5H3. The number of nitrogens with two attached hydrogens (primary N) is 1. The van der Waals surface area contributed by atoms with E-state index in [1.54, 1.807) is 4.57 Å². The zero-order chi connectivity index (χ0) is 16.6. The van der Waals surface area contributed by atoms with Crippen molar-refractivity contribution in [1.82, 2.24) is 18.7 Å². The van der Waals surface area contributed by atoms with E-state index in [9.17, 15) is 9.59 Å². The summed E-state index contributed by atoms with van der Waals surface area (Å²) >= 11 is 0. The largest absolute Gasteiger partial charge is 0.332 e. The Hall–Kier alpha value is -1.89. The first kappa shape index (κ1) is 16.5. The van der Waals surface area contributed by atoms with E-state index < -0.39 is 0 Å². The van der Waals surface area contributed by atoms with Crippen molar-refractivity contribution >= 4 is 11.2 Å². The van der Waals surface area contributed by atoms with Gasteiger partial charge in [-0.2, -0.15) is 0 Å². The number of hydrogen-bond donors (Lipinski definition) is 1. The molecule has 0 amide bonds. The van der Waals surface area contributed by atoms with Crippen LogP contribution in [0.25, 0.3) is 11.2 Å². The molecular weight excluding hydrogens is 282 g/mol. The van der Waals surface area contributed by atoms with Crippen LogP contribution in [0, 0.1) is 0 Å². The number of rotatable bonds is 5. The van der Waals surface area contributed by atoms with Crippen molar-refractivity contribution < 1.29 is 0 Å². The minimum absolute atomic E-state index is 0.0531. The van der Waals surface area contributed by atoms with Gasteiger partial charge in [-0.1, -0.05) is 20.8 Å². The van der Waals surface area contributed by atoms with Gasteiger partial charge in [-0.05, 0) is 13.3 Å². The summed E-state index contributed by atoms with van der Waals surface area (Å²) in [7, 11) is 1.51. The number of imidazole rings is 1. The van der Waals surface area contributed by atoms with Crippen molar-refractivity contribution in [1.29, 1.82) is 0 Å². The monoisotopic (exact) mass is 307 g/mol. The first-order valence-electron chi connectivity index (χ1n) is 7.76. The number of nitrogens with zero attached hydrogens (tertiary/aromatic N) is 4. The van der Waals surface area contributed by atoms with Crippen LogP contribution in [-0.2, 0) is 13.6 Å². The Kier molecular flexibility index (Phi) is 4.55. The van der Waals surface area contributed by atoms with Gasteiger partial charge in [-0.15, -0.1) is 0 Å². The second kappa shape index (κ2) is 6.08. The van der Waals surface area contributed by atoms with Crippen LogP contribution >= 0.6 is 0 Å². The Bertz CT molecular complexity index is 797. The minimum atomic E-state index is -0.320. The number of aryl methyl sites for hydroxylation is 1. The molecule has 22 heavy (non-hydrogen) atoms. The second-order valence-electron chi connectivity index (χ2n) is 6.05. The third-order valence-electron chi connectivity index (χ3n) is 3.95. The van der Waals surface area contributed by atoms with Crippen LogP contribution in [0.5, 0.6) is 0 Å². The van der Waals surface area contributed by atoms with E-state index in [1.165, 1.54) is 7.05 Å². The van der Waals surface area contributed by atoms with Crippen molar-refractivity contribution in [2.45, 2.75) is 52.6 Å². The van der Waals surface area contributed by atoms with Crippen LogP contribution in [0.2, 0.25) is 0 Å². The third kappa shape index (κ3) is 2.39. The molecule has 122 valence electrons. The Morgan fingerprint density at radius 1 is 1.23 bits per heavy atom. The normalized spacial score (nSPS) is 13.2. The molecule has 0 aromatic carbocycles. The summed E-state index contributed by atoms with van der Waals surface area (Å²) in [4.78, 5) is 29.6. The molecule has 2 aromatic rings. The maximum atomic E-state index is 12.6. The highest BCUT2D eigenvalue weighted by Crippen LogP contribution is 2.23. The number of fused-ring (bicyclic) bond motifs is 1. The lowest BCUT2D eigenvalue weighted by Gasteiger charge is -2.17. The summed E-state index contributed by atoms with van der Waals surface area (Å²) in [6.45, 7) is 8.94. The Morgan fingerprint density at radius 2 is 1.86 bits per heavy atom. The highest BCUT2D eigenvalue weighted by molar-refractivity contribution is 5.71. The molecule has 0 aliphatic rings. The summed E-state index contributed by atoms with van der Waals surface area (Å²) in [5.41, 5.74) is 6.12. The lowest BCUT2D eigenvalue weighted by atomic mass is 10.2. The predicted molar refractivity (Wildman–Crippen MR) is 87.4 cm³/mol. The fraction of sp³-hybridized carbons (Fsp3) is 0.667. The van der Waals surface area contributed by atoms with Gasteiger partial charge in [0.25, 0.3) is 5.56 Å². The zero-order valence-corrected chi connectivity index (χ0v) is 14.0. The van der Waals surface area contributed by atoms with Crippen molar-refractivity contribution in [3.8, 4) is 0 Å². The fourth-order valence-electron chi connectivity index (χ4n) is 2.73. The molecule has 0 fully saturated rings. The second-order valence-corrected chi connectivity index (χ2v) is 6.05. The van der Waals surface area contributed by atoms with Crippen LogP contribution in [0.4, 0.5) is 0 Å². The lowest BCUT2D eigenvalue weighted by Crippen LogP contribution is -2.39. The summed E-state index contributed by atoms with van der Waals surface area (Å²) < 4.78 is 4.64. The number of aromatic nitrogens is 4. The third-order valence-corrected chi connectivity index (χ3v) is 3.95. The summed E-state index contributed by atoms with van der Waals surface area (Å²) in [5.74, 6) is 0.928. The van der Waals surface area contributed by atoms with Crippen LogP contribution in [0.3, 0.4) is 0 Å². The van der Waals surface area contributed by atoms with E-state index in [1.807, 2.05) is 32.3 Å². The van der Waals surface area contributed by atoms with Crippen LogP contribution in [-0.4, -0.2) is 25.2 Å². The summed E-state index contributed by atoms with van der Waals surface area (Å²) in [5, 5.41) is 0. The first-order chi connectivity index (χ1) is 10.3. The number of hydrogen-bond acceptors (Lipinski definition) is 4. The van der Waals surface area contributed by atoms with Gasteiger partial charge in [-0.25, -0.2) is 9.78 Å². The molecule has 2 rings (SSSR count). The summed E-state index contributed by atoms with van der Waals surface area (Å²) in [6, 6.07) is -0.0531. The van der Waals surface area contributed by atoms with Crippen LogP contribution in [0.1, 0.15) is 51.9 Å². The SMILES string of the molecule is CCCn1c(=O)n(C)c(=O)c2c1nc(C(C)C)n2C(C)CN. The first-order valence-corrected chi connectivity index (χ1v) is 7.76. The van der Waals surface area contributed by atoms with Gasteiger partial charge in [0.05, 0.1) is 0 Å². The Balaban J connectivity index is 3.02. The van der Waals surface area contributed by atoms with E-state index in [0.29, 0.717) is 24.3 Å². The van der Waals surface area contributed by atoms with E-state index in [4.69, 9.17) is 5.73 Å². The molecule has 0 bridgehead atoms. The Labute approximate surface area is 129 Å². The molecule has 0 radical (unpaired) electrons. The zero-order valence-electron chi connectivity index (χ0n) is 14.0. The highest BCUT2D eigenvalue weighted by Gasteiger charge is 2.23. The van der Waals surface area contributed by atoms with Crippen molar-refractivity contribution in [3.05, 3.63) is 26.7 Å². The van der Waals surface area contributed by atoms with E-state index >= 15 is 0 Å². The smallest absolute Gasteiger partial charge is 0.328 e. The summed E-state index contributed by atoms with van der Waals surface area (Å²) in [6.07, 6.45) is 0.795. The van der Waals surface area contributed by atoms with Crippen molar-refractivity contribution in [2.24, 2.45) is 12.8 Å². The van der Waals surface area contributed by atoms with Crippen molar-refractivity contribution in [2.75, 3.05) is 6.54 Å². The molecule has 2 N–H and O–H groups in total. The molecule has 2 aromatic heterocycles. The van der Waals surface area contributed by atoms with E-state index in [-0.39, 0.29) is 23.2 Å².